The molecule has 0 amide bonds. The Morgan fingerprint density at radius 2 is 2.06 bits per heavy atom. The Morgan fingerprint density at radius 1 is 1.50 bits per heavy atom. The lowest BCUT2D eigenvalue weighted by molar-refractivity contribution is -0.152. The highest BCUT2D eigenvalue weighted by atomic mass is 35.5. The summed E-state index contributed by atoms with van der Waals surface area (Å²) in [6.45, 7) is 3.31. The first-order chi connectivity index (χ1) is 7.80. The maximum absolute atomic E-state index is 12.9. The van der Waals surface area contributed by atoms with Crippen molar-refractivity contribution in [2.75, 3.05) is 7.11 Å². The van der Waals surface area contributed by atoms with Crippen molar-refractivity contribution in [2.45, 2.75) is 19.9 Å². The minimum atomic E-state index is -0.934. The second-order valence-electron chi connectivity index (χ2n) is 4.36. The van der Waals surface area contributed by atoms with Crippen molar-refractivity contribution in [2.24, 2.45) is 11.1 Å². The van der Waals surface area contributed by atoms with Crippen LogP contribution in [0.15, 0.2) is 18.2 Å². The van der Waals surface area contributed by atoms with E-state index < -0.39 is 23.2 Å². The Labute approximate surface area is 117 Å². The van der Waals surface area contributed by atoms with Crippen LogP contribution < -0.4 is 5.73 Å². The zero-order chi connectivity index (χ0) is 13.2. The van der Waals surface area contributed by atoms with E-state index in [9.17, 15) is 9.18 Å². The molecule has 18 heavy (non-hydrogen) atoms. The van der Waals surface area contributed by atoms with E-state index >= 15 is 0 Å². The molecule has 1 aromatic rings. The standard InChI is InChI=1S/C12H15ClFNO2.ClH/c1-12(2,11(16)17-3)10(15)8-5-4-7(14)6-9(8)13;/h4-6,10H,15H2,1-3H3;1H/t10-;/m1./s1. The lowest BCUT2D eigenvalue weighted by Crippen LogP contribution is -2.37. The van der Waals surface area contributed by atoms with Gasteiger partial charge in [0.2, 0.25) is 0 Å². The molecule has 1 atom stereocenters. The number of hydrogen-bond acceptors (Lipinski definition) is 3. The first kappa shape index (κ1) is 17.2. The van der Waals surface area contributed by atoms with Crippen LogP contribution in [0.2, 0.25) is 5.02 Å². The van der Waals surface area contributed by atoms with Crippen molar-refractivity contribution in [3.8, 4) is 0 Å². The van der Waals surface area contributed by atoms with E-state index in [2.05, 4.69) is 4.74 Å². The Balaban J connectivity index is 0.00000289. The third-order valence-corrected chi connectivity index (χ3v) is 3.11. The third-order valence-electron chi connectivity index (χ3n) is 2.79. The number of benzene rings is 1. The second kappa shape index (κ2) is 6.36. The summed E-state index contributed by atoms with van der Waals surface area (Å²) in [5.41, 5.74) is 5.58. The largest absolute Gasteiger partial charge is 0.469 e. The number of carbonyl (C=O) groups excluding carboxylic acids is 1. The normalized spacial score (nSPS) is 12.6. The van der Waals surface area contributed by atoms with Crippen LogP contribution in [0.25, 0.3) is 0 Å². The molecule has 0 saturated heterocycles. The van der Waals surface area contributed by atoms with Crippen LogP contribution in [-0.4, -0.2) is 13.1 Å². The molecule has 0 aromatic heterocycles. The molecule has 0 aliphatic heterocycles. The zero-order valence-corrected chi connectivity index (χ0v) is 11.9. The maximum atomic E-state index is 12.9. The van der Waals surface area contributed by atoms with Gasteiger partial charge >= 0.3 is 5.97 Å². The zero-order valence-electron chi connectivity index (χ0n) is 10.4. The Kier molecular flexibility index (Phi) is 6.07. The summed E-state index contributed by atoms with van der Waals surface area (Å²) >= 11 is 5.91. The first-order valence-electron chi connectivity index (χ1n) is 5.09. The van der Waals surface area contributed by atoms with Crippen LogP contribution in [0, 0.1) is 11.2 Å². The van der Waals surface area contributed by atoms with Crippen LogP contribution in [0.4, 0.5) is 4.39 Å². The lowest BCUT2D eigenvalue weighted by atomic mass is 9.81. The van der Waals surface area contributed by atoms with Crippen molar-refractivity contribution >= 4 is 30.0 Å². The highest BCUT2D eigenvalue weighted by Gasteiger charge is 2.37. The summed E-state index contributed by atoms with van der Waals surface area (Å²) in [6.07, 6.45) is 0. The molecule has 0 aliphatic carbocycles. The van der Waals surface area contributed by atoms with Gasteiger partial charge in [0.15, 0.2) is 0 Å². The molecule has 0 radical (unpaired) electrons. The molecule has 0 fully saturated rings. The van der Waals surface area contributed by atoms with Crippen molar-refractivity contribution in [3.05, 3.63) is 34.6 Å². The maximum Gasteiger partial charge on any atom is 0.313 e. The Morgan fingerprint density at radius 3 is 2.50 bits per heavy atom. The molecule has 0 heterocycles. The van der Waals surface area contributed by atoms with Gasteiger partial charge in [-0.1, -0.05) is 17.7 Å². The molecule has 3 nitrogen and oxygen atoms in total. The predicted octanol–water partition coefficient (Wildman–Crippen LogP) is 3.10. The molecular weight excluding hydrogens is 280 g/mol. The van der Waals surface area contributed by atoms with Gasteiger partial charge in [-0.05, 0) is 31.5 Å². The fraction of sp³-hybridized carbons (Fsp3) is 0.417. The highest BCUT2D eigenvalue weighted by Crippen LogP contribution is 2.35. The molecule has 2 N–H and O–H groups in total. The van der Waals surface area contributed by atoms with Gasteiger partial charge < -0.3 is 10.5 Å². The van der Waals surface area contributed by atoms with E-state index in [1.807, 2.05) is 0 Å². The van der Waals surface area contributed by atoms with Crippen LogP contribution in [0.3, 0.4) is 0 Å². The summed E-state index contributed by atoms with van der Waals surface area (Å²) in [4.78, 5) is 11.6. The summed E-state index contributed by atoms with van der Waals surface area (Å²) < 4.78 is 17.6. The van der Waals surface area contributed by atoms with E-state index in [1.165, 1.54) is 25.3 Å². The number of rotatable bonds is 3. The van der Waals surface area contributed by atoms with Crippen LogP contribution >= 0.6 is 24.0 Å². The van der Waals surface area contributed by atoms with E-state index in [1.54, 1.807) is 13.8 Å². The molecule has 102 valence electrons. The van der Waals surface area contributed by atoms with E-state index in [0.717, 1.165) is 0 Å². The number of hydrogen-bond donors (Lipinski definition) is 1. The van der Waals surface area contributed by atoms with Gasteiger partial charge in [-0.15, -0.1) is 12.4 Å². The van der Waals surface area contributed by atoms with Crippen LogP contribution in [0.1, 0.15) is 25.5 Å². The number of esters is 1. The van der Waals surface area contributed by atoms with Crippen molar-refractivity contribution < 1.29 is 13.9 Å². The van der Waals surface area contributed by atoms with Crippen molar-refractivity contribution in [1.29, 1.82) is 0 Å². The molecule has 0 spiro atoms. The smallest absolute Gasteiger partial charge is 0.313 e. The first-order valence-corrected chi connectivity index (χ1v) is 5.47. The van der Waals surface area contributed by atoms with Gasteiger partial charge in [0.05, 0.1) is 12.5 Å². The SMILES string of the molecule is COC(=O)C(C)(C)[C@H](N)c1ccc(F)cc1Cl.Cl. The Hall–Kier alpha value is -0.840. The fourth-order valence-electron chi connectivity index (χ4n) is 1.53. The molecular formula is C12H16Cl2FNO2. The summed E-state index contributed by atoms with van der Waals surface area (Å²) in [5.74, 6) is -0.882. The summed E-state index contributed by atoms with van der Waals surface area (Å²) in [5, 5.41) is 0.203. The second-order valence-corrected chi connectivity index (χ2v) is 4.76. The molecule has 1 aromatic carbocycles. The lowest BCUT2D eigenvalue weighted by Gasteiger charge is -2.29. The van der Waals surface area contributed by atoms with Crippen molar-refractivity contribution in [3.63, 3.8) is 0 Å². The number of carbonyl (C=O) groups is 1. The van der Waals surface area contributed by atoms with E-state index in [-0.39, 0.29) is 17.4 Å². The topological polar surface area (TPSA) is 52.3 Å². The van der Waals surface area contributed by atoms with Gasteiger partial charge in [0.1, 0.15) is 5.82 Å². The fourth-order valence-corrected chi connectivity index (χ4v) is 1.82. The van der Waals surface area contributed by atoms with Gasteiger partial charge in [0, 0.05) is 11.1 Å². The van der Waals surface area contributed by atoms with Gasteiger partial charge in [-0.3, -0.25) is 4.79 Å². The third kappa shape index (κ3) is 3.34. The highest BCUT2D eigenvalue weighted by molar-refractivity contribution is 6.31. The van der Waals surface area contributed by atoms with Gasteiger partial charge in [-0.2, -0.15) is 0 Å². The summed E-state index contributed by atoms with van der Waals surface area (Å²) in [7, 11) is 1.29. The average molecular weight is 296 g/mol. The van der Waals surface area contributed by atoms with E-state index in [0.29, 0.717) is 5.56 Å². The van der Waals surface area contributed by atoms with Gasteiger partial charge in [-0.25, -0.2) is 4.39 Å². The quantitative estimate of drug-likeness (QED) is 0.872. The molecule has 0 aliphatic rings. The Bertz CT molecular complexity index is 438. The minimum absolute atomic E-state index is 0. The molecule has 0 unspecified atom stereocenters. The van der Waals surface area contributed by atoms with E-state index in [4.69, 9.17) is 17.3 Å². The number of nitrogens with two attached hydrogens (primary N) is 1. The number of methoxy groups -OCH3 is 1. The average Bonchev–Trinajstić information content (AvgIpc) is 2.27. The molecule has 1 rings (SSSR count). The predicted molar refractivity (Wildman–Crippen MR) is 71.4 cm³/mol. The minimum Gasteiger partial charge on any atom is -0.469 e. The molecule has 0 bridgehead atoms. The van der Waals surface area contributed by atoms with Crippen LogP contribution in [-0.2, 0) is 9.53 Å². The monoisotopic (exact) mass is 295 g/mol. The molecule has 6 heteroatoms. The number of halogens is 3. The molecule has 0 saturated carbocycles. The van der Waals surface area contributed by atoms with Gasteiger partial charge in [0.25, 0.3) is 0 Å². The summed E-state index contributed by atoms with van der Waals surface area (Å²) in [6, 6.07) is 3.24. The van der Waals surface area contributed by atoms with Crippen LogP contribution in [0.5, 0.6) is 0 Å². The van der Waals surface area contributed by atoms with Crippen molar-refractivity contribution in [1.82, 2.24) is 0 Å². The number of ether oxygens (including phenoxy) is 1.